The Hall–Kier alpha value is -3.99. The second-order valence-electron chi connectivity index (χ2n) is 8.12. The standard InChI is InChI=1S/C27H29N3O6S/c1-30(16-17-36-23-11-5-4-10-22(23)34-2)27(31)21-14-13-20(18-24(21)35-3)29-37(32,33)25-12-6-8-19-9-7-15-28-26(19)25/h4-15,18,29,32-33H,16-17H2,1-3H3. The molecule has 0 spiro atoms. The van der Waals surface area contributed by atoms with Crippen molar-refractivity contribution in [2.45, 2.75) is 4.90 Å². The maximum absolute atomic E-state index is 13.1. The van der Waals surface area contributed by atoms with E-state index in [1.54, 1.807) is 68.9 Å². The number of rotatable bonds is 10. The topological polar surface area (TPSA) is 113 Å². The summed E-state index contributed by atoms with van der Waals surface area (Å²) in [5.41, 5.74) is 1.20. The monoisotopic (exact) mass is 523 g/mol. The Kier molecular flexibility index (Phi) is 8.02. The van der Waals surface area contributed by atoms with Gasteiger partial charge in [0.25, 0.3) is 5.91 Å². The predicted octanol–water partition coefficient (Wildman–Crippen LogP) is 5.54. The number of anilines is 1. The number of aromatic nitrogens is 1. The van der Waals surface area contributed by atoms with Crippen LogP contribution in [0.15, 0.2) is 83.9 Å². The van der Waals surface area contributed by atoms with Gasteiger partial charge in [-0.05, 0) is 36.4 Å². The number of fused-ring (bicyclic) bond motifs is 1. The van der Waals surface area contributed by atoms with Crippen molar-refractivity contribution in [1.29, 1.82) is 0 Å². The van der Waals surface area contributed by atoms with E-state index in [2.05, 4.69) is 9.71 Å². The van der Waals surface area contributed by atoms with Gasteiger partial charge < -0.3 is 19.1 Å². The number of carbonyl (C=O) groups excluding carboxylic acids is 1. The lowest BCUT2D eigenvalue weighted by Gasteiger charge is -2.34. The Morgan fingerprint density at radius 2 is 1.68 bits per heavy atom. The van der Waals surface area contributed by atoms with Crippen molar-refractivity contribution in [2.75, 3.05) is 39.1 Å². The fourth-order valence-electron chi connectivity index (χ4n) is 3.79. The number of pyridine rings is 1. The van der Waals surface area contributed by atoms with E-state index < -0.39 is 10.8 Å². The Labute approximate surface area is 217 Å². The molecular weight excluding hydrogens is 494 g/mol. The quantitative estimate of drug-likeness (QED) is 0.248. The number of amides is 1. The molecule has 1 heterocycles. The Bertz CT molecular complexity index is 1390. The molecule has 3 N–H and O–H groups in total. The fraction of sp³-hybridized carbons (Fsp3) is 0.185. The molecule has 10 heteroatoms. The molecular formula is C27H29N3O6S. The summed E-state index contributed by atoms with van der Waals surface area (Å²) in [6, 6.07) is 20.9. The minimum Gasteiger partial charge on any atom is -0.496 e. The summed E-state index contributed by atoms with van der Waals surface area (Å²) < 4.78 is 41.2. The van der Waals surface area contributed by atoms with Gasteiger partial charge in [0, 0.05) is 24.7 Å². The average molecular weight is 524 g/mol. The number of hydrogen-bond donors (Lipinski definition) is 3. The van der Waals surface area contributed by atoms with Gasteiger partial charge in [0.05, 0.1) is 37.5 Å². The van der Waals surface area contributed by atoms with E-state index in [1.165, 1.54) is 12.0 Å². The molecule has 4 rings (SSSR count). The summed E-state index contributed by atoms with van der Waals surface area (Å²) in [5, 5.41) is 0.790. The first-order chi connectivity index (χ1) is 17.8. The van der Waals surface area contributed by atoms with Crippen molar-refractivity contribution in [3.8, 4) is 17.2 Å². The second-order valence-corrected chi connectivity index (χ2v) is 9.86. The zero-order chi connectivity index (χ0) is 26.4. The Morgan fingerprint density at radius 3 is 2.43 bits per heavy atom. The van der Waals surface area contributed by atoms with Gasteiger partial charge in [-0.25, -0.2) is 0 Å². The SMILES string of the molecule is COc1ccccc1OCCN(C)C(=O)c1ccc(NS(O)(O)c2cccc3cccnc23)cc1OC. The number of hydrogen-bond acceptors (Lipinski definition) is 8. The third-order valence-electron chi connectivity index (χ3n) is 5.69. The molecule has 3 aromatic carbocycles. The predicted molar refractivity (Wildman–Crippen MR) is 145 cm³/mol. The number of benzene rings is 3. The molecule has 0 aliphatic heterocycles. The summed E-state index contributed by atoms with van der Waals surface area (Å²) >= 11 is 0. The number of ether oxygens (including phenoxy) is 3. The normalized spacial score (nSPS) is 11.6. The van der Waals surface area contributed by atoms with Gasteiger partial charge in [0.15, 0.2) is 11.5 Å². The van der Waals surface area contributed by atoms with Gasteiger partial charge in [0.1, 0.15) is 17.3 Å². The molecule has 1 aromatic heterocycles. The zero-order valence-electron chi connectivity index (χ0n) is 20.7. The Morgan fingerprint density at radius 1 is 0.946 bits per heavy atom. The van der Waals surface area contributed by atoms with Crippen molar-refractivity contribution < 1.29 is 28.1 Å². The molecule has 9 nitrogen and oxygen atoms in total. The van der Waals surface area contributed by atoms with Gasteiger partial charge >= 0.3 is 0 Å². The van der Waals surface area contributed by atoms with Crippen LogP contribution < -0.4 is 18.9 Å². The minimum atomic E-state index is -3.45. The summed E-state index contributed by atoms with van der Waals surface area (Å²) in [5.74, 6) is 1.24. The second kappa shape index (κ2) is 11.4. The van der Waals surface area contributed by atoms with Crippen LogP contribution in [-0.4, -0.2) is 59.3 Å². The molecule has 0 aliphatic rings. The van der Waals surface area contributed by atoms with Crippen molar-refractivity contribution in [3.63, 3.8) is 0 Å². The van der Waals surface area contributed by atoms with E-state index >= 15 is 0 Å². The molecule has 4 aromatic rings. The fourth-order valence-corrected chi connectivity index (χ4v) is 5.07. The zero-order valence-corrected chi connectivity index (χ0v) is 21.6. The number of methoxy groups -OCH3 is 2. The average Bonchev–Trinajstić information content (AvgIpc) is 2.92. The molecule has 37 heavy (non-hydrogen) atoms. The van der Waals surface area contributed by atoms with Crippen LogP contribution in [0.3, 0.4) is 0 Å². The largest absolute Gasteiger partial charge is 0.496 e. The number of nitrogens with zero attached hydrogens (tertiary/aromatic N) is 2. The highest BCUT2D eigenvalue weighted by Gasteiger charge is 2.22. The van der Waals surface area contributed by atoms with Crippen molar-refractivity contribution >= 4 is 33.3 Å². The third kappa shape index (κ3) is 5.88. The summed E-state index contributed by atoms with van der Waals surface area (Å²) in [4.78, 5) is 19.2. The van der Waals surface area contributed by atoms with Gasteiger partial charge in [0.2, 0.25) is 0 Å². The van der Waals surface area contributed by atoms with Crippen LogP contribution in [0, 0.1) is 0 Å². The van der Waals surface area contributed by atoms with Gasteiger partial charge in [-0.15, -0.1) is 0 Å². The van der Waals surface area contributed by atoms with Crippen LogP contribution in [0.1, 0.15) is 10.4 Å². The van der Waals surface area contributed by atoms with E-state index in [9.17, 15) is 13.9 Å². The molecule has 0 bridgehead atoms. The first-order valence-electron chi connectivity index (χ1n) is 11.4. The van der Waals surface area contributed by atoms with Gasteiger partial charge in [-0.3, -0.25) is 23.6 Å². The van der Waals surface area contributed by atoms with E-state index in [0.29, 0.717) is 40.6 Å². The smallest absolute Gasteiger partial charge is 0.257 e. The lowest BCUT2D eigenvalue weighted by molar-refractivity contribution is 0.0770. The summed E-state index contributed by atoms with van der Waals surface area (Å²) in [6.07, 6.45) is 1.60. The molecule has 0 saturated heterocycles. The molecule has 0 radical (unpaired) electrons. The maximum atomic E-state index is 13.1. The van der Waals surface area contributed by atoms with Gasteiger partial charge in [-0.1, -0.05) is 41.1 Å². The lowest BCUT2D eigenvalue weighted by Crippen LogP contribution is -2.31. The van der Waals surface area contributed by atoms with E-state index in [-0.39, 0.29) is 17.4 Å². The maximum Gasteiger partial charge on any atom is 0.257 e. The molecule has 194 valence electrons. The molecule has 0 aliphatic carbocycles. The van der Waals surface area contributed by atoms with Gasteiger partial charge in [-0.2, -0.15) is 0 Å². The highest BCUT2D eigenvalue weighted by Crippen LogP contribution is 2.50. The lowest BCUT2D eigenvalue weighted by atomic mass is 10.1. The van der Waals surface area contributed by atoms with Crippen LogP contribution >= 0.6 is 10.8 Å². The van der Waals surface area contributed by atoms with Crippen LogP contribution in [0.5, 0.6) is 17.2 Å². The van der Waals surface area contributed by atoms with Crippen molar-refractivity contribution in [3.05, 3.63) is 84.6 Å². The molecule has 0 atom stereocenters. The van der Waals surface area contributed by atoms with E-state index in [0.717, 1.165) is 5.39 Å². The number of nitrogens with one attached hydrogen (secondary N) is 1. The highest BCUT2D eigenvalue weighted by molar-refractivity contribution is 8.25. The number of para-hydroxylation sites is 3. The minimum absolute atomic E-state index is 0.267. The molecule has 1 amide bonds. The Balaban J connectivity index is 1.46. The molecule has 0 saturated carbocycles. The van der Waals surface area contributed by atoms with Crippen molar-refractivity contribution in [2.24, 2.45) is 0 Å². The number of carbonyl (C=O) groups is 1. The van der Waals surface area contributed by atoms with Crippen molar-refractivity contribution in [1.82, 2.24) is 9.88 Å². The first-order valence-corrected chi connectivity index (χ1v) is 13.0. The van der Waals surface area contributed by atoms with Crippen LogP contribution in [0.2, 0.25) is 0 Å². The third-order valence-corrected chi connectivity index (χ3v) is 7.16. The highest BCUT2D eigenvalue weighted by atomic mass is 32.3. The molecule has 0 fully saturated rings. The first kappa shape index (κ1) is 26.1. The number of likely N-dealkylation sites (N-methyl/N-ethyl adjacent to an activating group) is 1. The molecule has 0 unspecified atom stereocenters. The summed E-state index contributed by atoms with van der Waals surface area (Å²) in [6.45, 7) is 0.596. The van der Waals surface area contributed by atoms with E-state index in [4.69, 9.17) is 14.2 Å². The summed E-state index contributed by atoms with van der Waals surface area (Å²) in [7, 11) is 1.24. The van der Waals surface area contributed by atoms with Crippen LogP contribution in [0.4, 0.5) is 5.69 Å². The van der Waals surface area contributed by atoms with Crippen LogP contribution in [0.25, 0.3) is 10.9 Å². The van der Waals surface area contributed by atoms with E-state index in [1.807, 2.05) is 24.3 Å². The van der Waals surface area contributed by atoms with Crippen LogP contribution in [-0.2, 0) is 0 Å².